The maximum atomic E-state index is 11.6. The molecule has 10 heteroatoms. The zero-order valence-corrected chi connectivity index (χ0v) is 12.3. The standard InChI is InChI=1S/C12H22N4O6/c17-11(18)9-13-1-2-14(10-12(19)20)4-6-16(22)8-7-15(21)5-3-13/h1-10H2,(H,17,18)(H,19,20)/q-2/p-2. The van der Waals surface area contributed by atoms with Crippen LogP contribution < -0.4 is 10.2 Å². The van der Waals surface area contributed by atoms with Gasteiger partial charge in [0.1, 0.15) is 0 Å². The molecular weight excluding hydrogens is 296 g/mol. The summed E-state index contributed by atoms with van der Waals surface area (Å²) < 4.78 is 0. The van der Waals surface area contributed by atoms with Gasteiger partial charge in [-0.2, -0.15) is 0 Å². The number of carbonyl (C=O) groups is 2. The molecule has 0 spiro atoms. The van der Waals surface area contributed by atoms with Crippen molar-refractivity contribution in [1.82, 2.24) is 19.9 Å². The highest BCUT2D eigenvalue weighted by Gasteiger charge is 2.12. The van der Waals surface area contributed by atoms with Gasteiger partial charge in [-0.15, -0.1) is 0 Å². The molecule has 0 atom stereocenters. The second kappa shape index (κ2) is 9.66. The predicted octanol–water partition coefficient (Wildman–Crippen LogP) is -4.30. The number of carboxylic acids is 2. The molecule has 0 aromatic heterocycles. The highest BCUT2D eigenvalue weighted by molar-refractivity contribution is 5.67. The van der Waals surface area contributed by atoms with E-state index in [2.05, 4.69) is 0 Å². The Morgan fingerprint density at radius 1 is 0.636 bits per heavy atom. The Morgan fingerprint density at radius 3 is 1.23 bits per heavy atom. The molecule has 0 aliphatic carbocycles. The van der Waals surface area contributed by atoms with E-state index in [0.29, 0.717) is 10.1 Å². The monoisotopic (exact) mass is 316 g/mol. The SMILES string of the molecule is O=C([O-])CN1CCN([O-])CCN([O-])CCN(CC(=O)[O-])CC1. The number of hydrogen-bond acceptors (Lipinski definition) is 10. The Bertz CT molecular complexity index is 336. The first-order chi connectivity index (χ1) is 10.4. The molecule has 0 amide bonds. The van der Waals surface area contributed by atoms with Gasteiger partial charge in [-0.1, -0.05) is 0 Å². The van der Waals surface area contributed by atoms with Crippen LogP contribution in [0.15, 0.2) is 0 Å². The van der Waals surface area contributed by atoms with Crippen molar-refractivity contribution in [2.45, 2.75) is 0 Å². The molecule has 0 aromatic carbocycles. The van der Waals surface area contributed by atoms with E-state index in [1.54, 1.807) is 0 Å². The Kier molecular flexibility index (Phi) is 8.24. The van der Waals surface area contributed by atoms with E-state index in [4.69, 9.17) is 0 Å². The van der Waals surface area contributed by atoms with E-state index in [0.717, 1.165) is 0 Å². The normalized spacial score (nSPS) is 21.9. The molecule has 1 fully saturated rings. The lowest BCUT2D eigenvalue weighted by molar-refractivity contribution is -0.308. The minimum Gasteiger partial charge on any atom is -0.785 e. The van der Waals surface area contributed by atoms with Gasteiger partial charge in [0.25, 0.3) is 0 Å². The van der Waals surface area contributed by atoms with Crippen molar-refractivity contribution in [2.24, 2.45) is 0 Å². The molecule has 0 N–H and O–H groups in total. The second-order valence-electron chi connectivity index (χ2n) is 5.15. The number of carbonyl (C=O) groups excluding carboxylic acids is 2. The fourth-order valence-electron chi connectivity index (χ4n) is 2.14. The lowest BCUT2D eigenvalue weighted by atomic mass is 10.3. The number of hydrogen-bond donors (Lipinski definition) is 0. The first-order valence-corrected chi connectivity index (χ1v) is 7.05. The molecule has 1 aliphatic rings. The second-order valence-corrected chi connectivity index (χ2v) is 5.15. The van der Waals surface area contributed by atoms with Gasteiger partial charge in [-0.05, 0) is 26.2 Å². The summed E-state index contributed by atoms with van der Waals surface area (Å²) in [7, 11) is 0. The molecule has 0 unspecified atom stereocenters. The molecule has 1 aliphatic heterocycles. The van der Waals surface area contributed by atoms with Crippen LogP contribution in [0.1, 0.15) is 0 Å². The van der Waals surface area contributed by atoms with Crippen LogP contribution in [0, 0.1) is 10.4 Å². The topological polar surface area (TPSA) is 139 Å². The fourth-order valence-corrected chi connectivity index (χ4v) is 2.14. The molecule has 10 nitrogen and oxygen atoms in total. The van der Waals surface area contributed by atoms with Crippen molar-refractivity contribution in [2.75, 3.05) is 65.4 Å². The first-order valence-electron chi connectivity index (χ1n) is 7.05. The third kappa shape index (κ3) is 8.22. The van der Waals surface area contributed by atoms with Crippen molar-refractivity contribution < 1.29 is 19.8 Å². The lowest BCUT2D eigenvalue weighted by Crippen LogP contribution is -2.48. The summed E-state index contributed by atoms with van der Waals surface area (Å²) in [5.41, 5.74) is 0. The molecular formula is C12H20N4O6-4. The maximum Gasteiger partial charge on any atom is 0.0555 e. The van der Waals surface area contributed by atoms with Crippen molar-refractivity contribution in [3.05, 3.63) is 10.4 Å². The Morgan fingerprint density at radius 2 is 0.909 bits per heavy atom. The van der Waals surface area contributed by atoms with Gasteiger partial charge in [-0.25, -0.2) is 0 Å². The molecule has 22 heavy (non-hydrogen) atoms. The number of hydroxylamine groups is 4. The van der Waals surface area contributed by atoms with Crippen molar-refractivity contribution in [3.8, 4) is 0 Å². The van der Waals surface area contributed by atoms with Crippen LogP contribution in [0.3, 0.4) is 0 Å². The zero-order chi connectivity index (χ0) is 16.5. The van der Waals surface area contributed by atoms with Crippen LogP contribution in [0.2, 0.25) is 0 Å². The maximum absolute atomic E-state index is 11.6. The number of aliphatic carboxylic acids is 2. The number of carboxylic acid groups (broad SMARTS) is 2. The molecule has 1 rings (SSSR count). The number of nitrogens with zero attached hydrogens (tertiary/aromatic N) is 4. The van der Waals surface area contributed by atoms with E-state index in [-0.39, 0.29) is 65.4 Å². The average Bonchev–Trinajstić information content (AvgIpc) is 2.42. The molecule has 0 radical (unpaired) electrons. The van der Waals surface area contributed by atoms with E-state index in [9.17, 15) is 30.2 Å². The molecule has 0 bridgehead atoms. The summed E-state index contributed by atoms with van der Waals surface area (Å²) in [6, 6.07) is 0. The highest BCUT2D eigenvalue weighted by Crippen LogP contribution is 1.98. The van der Waals surface area contributed by atoms with Crippen molar-refractivity contribution >= 4 is 11.9 Å². The molecule has 128 valence electrons. The summed E-state index contributed by atoms with van der Waals surface area (Å²) in [6.07, 6.45) is 0. The van der Waals surface area contributed by atoms with Gasteiger partial charge in [0, 0.05) is 39.3 Å². The summed E-state index contributed by atoms with van der Waals surface area (Å²) in [4.78, 5) is 24.5. The molecule has 0 aromatic rings. The first kappa shape index (κ1) is 18.7. The highest BCUT2D eigenvalue weighted by atomic mass is 16.5. The van der Waals surface area contributed by atoms with Crippen LogP contribution in [-0.2, 0) is 9.59 Å². The smallest absolute Gasteiger partial charge is 0.0555 e. The lowest BCUT2D eigenvalue weighted by Gasteiger charge is -2.38. The van der Waals surface area contributed by atoms with Crippen LogP contribution >= 0.6 is 0 Å². The molecule has 1 heterocycles. The van der Waals surface area contributed by atoms with E-state index in [1.165, 1.54) is 9.80 Å². The minimum absolute atomic E-state index is 0.0170. The van der Waals surface area contributed by atoms with Crippen molar-refractivity contribution in [1.29, 1.82) is 0 Å². The Hall–Kier alpha value is -1.30. The van der Waals surface area contributed by atoms with Gasteiger partial charge in [0.15, 0.2) is 0 Å². The van der Waals surface area contributed by atoms with Crippen LogP contribution in [0.5, 0.6) is 0 Å². The van der Waals surface area contributed by atoms with Gasteiger partial charge in [0.05, 0.1) is 11.9 Å². The summed E-state index contributed by atoms with van der Waals surface area (Å²) >= 11 is 0. The Labute approximate surface area is 128 Å². The summed E-state index contributed by atoms with van der Waals surface area (Å²) in [6.45, 7) is 0.434. The quantitative estimate of drug-likeness (QED) is 0.500. The van der Waals surface area contributed by atoms with E-state index in [1.807, 2.05) is 0 Å². The van der Waals surface area contributed by atoms with Gasteiger partial charge in [0.2, 0.25) is 0 Å². The predicted molar refractivity (Wildman–Crippen MR) is 72.8 cm³/mol. The zero-order valence-electron chi connectivity index (χ0n) is 12.3. The largest absolute Gasteiger partial charge is 0.785 e. The van der Waals surface area contributed by atoms with E-state index >= 15 is 0 Å². The van der Waals surface area contributed by atoms with Gasteiger partial charge in [-0.3, -0.25) is 9.80 Å². The minimum atomic E-state index is -1.26. The van der Waals surface area contributed by atoms with E-state index < -0.39 is 11.9 Å². The van der Waals surface area contributed by atoms with Crippen LogP contribution in [-0.4, -0.2) is 97.3 Å². The van der Waals surface area contributed by atoms with Crippen LogP contribution in [0.4, 0.5) is 0 Å². The van der Waals surface area contributed by atoms with Gasteiger partial charge >= 0.3 is 0 Å². The van der Waals surface area contributed by atoms with Crippen molar-refractivity contribution in [3.63, 3.8) is 0 Å². The summed E-state index contributed by atoms with van der Waals surface area (Å²) in [5.74, 6) is -2.52. The molecule has 0 saturated carbocycles. The fraction of sp³-hybridized carbons (Fsp3) is 0.833. The van der Waals surface area contributed by atoms with Crippen LogP contribution in [0.25, 0.3) is 0 Å². The molecule has 1 saturated heterocycles. The third-order valence-corrected chi connectivity index (χ3v) is 3.37. The number of rotatable bonds is 4. The summed E-state index contributed by atoms with van der Waals surface area (Å²) in [5, 5.41) is 46.0. The average molecular weight is 316 g/mol. The Balaban J connectivity index is 2.66. The van der Waals surface area contributed by atoms with Gasteiger partial charge < -0.3 is 40.3 Å². The third-order valence-electron chi connectivity index (χ3n) is 3.37.